The van der Waals surface area contributed by atoms with E-state index in [2.05, 4.69) is 85.3 Å². The van der Waals surface area contributed by atoms with Crippen LogP contribution in [0.4, 0.5) is 0 Å². The van der Waals surface area contributed by atoms with E-state index in [-0.39, 0.29) is 45.1 Å². The van der Waals surface area contributed by atoms with Gasteiger partial charge in [-0.15, -0.1) is 0 Å². The minimum absolute atomic E-state index is 0.102. The fourth-order valence-electron chi connectivity index (χ4n) is 12.8. The van der Waals surface area contributed by atoms with Crippen molar-refractivity contribution in [1.82, 2.24) is 20.1 Å². The summed E-state index contributed by atoms with van der Waals surface area (Å²) in [6.07, 6.45) is 9.71. The van der Waals surface area contributed by atoms with E-state index in [0.29, 0.717) is 43.5 Å². The number of hydrogen-bond acceptors (Lipinski definition) is 8. The number of aliphatic carboxylic acids is 1. The lowest BCUT2D eigenvalue weighted by Crippen LogP contribution is -2.69. The number of rotatable bonds is 9. The Balaban J connectivity index is 1.34. The number of carbonyl (C=O) groups is 1. The number of ether oxygens (including phenoxy) is 2. The highest BCUT2D eigenvalue weighted by atomic mass is 16.5. The van der Waals surface area contributed by atoms with Crippen molar-refractivity contribution in [2.24, 2.45) is 73.3 Å². The first-order valence-corrected chi connectivity index (χ1v) is 20.0. The van der Waals surface area contributed by atoms with Crippen LogP contribution in [-0.2, 0) is 14.3 Å². The van der Waals surface area contributed by atoms with Crippen LogP contribution in [0.15, 0.2) is 23.0 Å². The van der Waals surface area contributed by atoms with Crippen LogP contribution in [0.1, 0.15) is 120 Å². The monoisotopic (exact) mass is 707 g/mol. The molecule has 0 spiro atoms. The highest BCUT2D eigenvalue weighted by Crippen LogP contribution is 2.75. The minimum atomic E-state index is -0.621. The number of nitrogens with zero attached hydrogens (tertiary/aromatic N) is 4. The van der Waals surface area contributed by atoms with Crippen molar-refractivity contribution < 1.29 is 19.4 Å². The van der Waals surface area contributed by atoms with Gasteiger partial charge in [-0.3, -0.25) is 9.79 Å². The van der Waals surface area contributed by atoms with Gasteiger partial charge in [0.1, 0.15) is 6.33 Å². The quantitative estimate of drug-likeness (QED) is 0.247. The van der Waals surface area contributed by atoms with E-state index in [4.69, 9.17) is 30.3 Å². The van der Waals surface area contributed by atoms with E-state index in [1.54, 1.807) is 6.33 Å². The van der Waals surface area contributed by atoms with Crippen LogP contribution in [0.5, 0.6) is 0 Å². The predicted molar refractivity (Wildman–Crippen MR) is 199 cm³/mol. The summed E-state index contributed by atoms with van der Waals surface area (Å²) in [7, 11) is 0. The zero-order valence-corrected chi connectivity index (χ0v) is 33.1. The molecule has 10 nitrogen and oxygen atoms in total. The molecule has 4 fully saturated rings. The molecule has 2 bridgehead atoms. The maximum Gasteiger partial charge on any atom is 0.307 e. The number of aliphatic imine (C=N–C) groups is 1. The zero-order valence-electron chi connectivity index (χ0n) is 33.1. The van der Waals surface area contributed by atoms with Crippen molar-refractivity contribution in [1.29, 1.82) is 0 Å². The largest absolute Gasteiger partial charge is 0.481 e. The standard InChI is InChI=1S/C41H66N6O4/c1-24(2)26(5)36(6)15-16-38(8)27-11-12-30-37(7)20-50-22-41(30,28(27)13-14-39(38,9)31(36)35(48)49)19-29(32(37)51-21-40(10,42)25(3)4)47-34(45-23-46-47)33-43-17-18-44-33/h13,23-27,29-32H,11-12,14-22,42H2,1-10H3,(H,43,44)(H,48,49)/t26-,27+,29-,30+,31-,32+,36-,37+,38-,39+,40+,41+/m1/s1. The highest BCUT2D eigenvalue weighted by Gasteiger charge is 2.72. The van der Waals surface area contributed by atoms with Gasteiger partial charge in [-0.1, -0.05) is 74.0 Å². The fourth-order valence-corrected chi connectivity index (χ4v) is 12.8. The number of aromatic nitrogens is 3. The average molecular weight is 707 g/mol. The first kappa shape index (κ1) is 37.0. The maximum absolute atomic E-state index is 13.5. The van der Waals surface area contributed by atoms with E-state index in [1.807, 2.05) is 0 Å². The third kappa shape index (κ3) is 5.18. The summed E-state index contributed by atoms with van der Waals surface area (Å²) in [4.78, 5) is 23.1. The number of amidine groups is 1. The van der Waals surface area contributed by atoms with E-state index in [9.17, 15) is 9.90 Å². The maximum atomic E-state index is 13.5. The normalized spacial score (nSPS) is 43.7. The zero-order chi connectivity index (χ0) is 36.9. The first-order chi connectivity index (χ1) is 23.9. The molecule has 4 N–H and O–H groups in total. The van der Waals surface area contributed by atoms with Crippen LogP contribution in [0, 0.1) is 62.6 Å². The second-order valence-electron chi connectivity index (χ2n) is 19.7. The van der Waals surface area contributed by atoms with Gasteiger partial charge in [0.15, 0.2) is 11.7 Å². The van der Waals surface area contributed by atoms with Gasteiger partial charge >= 0.3 is 5.97 Å². The van der Waals surface area contributed by atoms with E-state index >= 15 is 0 Å². The van der Waals surface area contributed by atoms with Crippen molar-refractivity contribution in [2.75, 3.05) is 32.9 Å². The fraction of sp³-hybridized carbons (Fsp3) is 0.854. The van der Waals surface area contributed by atoms with E-state index < -0.39 is 17.4 Å². The molecule has 6 aliphatic rings. The van der Waals surface area contributed by atoms with Crippen LogP contribution in [0.2, 0.25) is 0 Å². The smallest absolute Gasteiger partial charge is 0.307 e. The first-order valence-electron chi connectivity index (χ1n) is 20.0. The summed E-state index contributed by atoms with van der Waals surface area (Å²) in [6, 6.07) is -0.102. The minimum Gasteiger partial charge on any atom is -0.481 e. The van der Waals surface area contributed by atoms with Gasteiger partial charge in [0, 0.05) is 22.9 Å². The Hall–Kier alpha value is -2.30. The van der Waals surface area contributed by atoms with Crippen molar-refractivity contribution in [2.45, 2.75) is 125 Å². The number of allylic oxidation sites excluding steroid dienone is 1. The van der Waals surface area contributed by atoms with Crippen molar-refractivity contribution >= 4 is 11.8 Å². The molecule has 1 aromatic rings. The summed E-state index contributed by atoms with van der Waals surface area (Å²) in [6.45, 7) is 25.9. The van der Waals surface area contributed by atoms with Gasteiger partial charge in [0.2, 0.25) is 0 Å². The molecular formula is C41H66N6O4. The molecule has 2 aliphatic heterocycles. The van der Waals surface area contributed by atoms with Gasteiger partial charge < -0.3 is 25.6 Å². The summed E-state index contributed by atoms with van der Waals surface area (Å²) in [5.41, 5.74) is 6.61. The Morgan fingerprint density at radius 1 is 1.14 bits per heavy atom. The Labute approximate surface area is 306 Å². The second-order valence-corrected chi connectivity index (χ2v) is 19.7. The number of carboxylic acids is 1. The summed E-state index contributed by atoms with van der Waals surface area (Å²) in [5, 5.41) is 19.5. The van der Waals surface area contributed by atoms with E-state index in [0.717, 1.165) is 63.3 Å². The van der Waals surface area contributed by atoms with Crippen LogP contribution in [0.3, 0.4) is 0 Å². The Morgan fingerprint density at radius 2 is 1.88 bits per heavy atom. The van der Waals surface area contributed by atoms with Crippen LogP contribution < -0.4 is 11.1 Å². The molecule has 51 heavy (non-hydrogen) atoms. The van der Waals surface area contributed by atoms with Crippen LogP contribution >= 0.6 is 0 Å². The molecule has 4 aliphatic carbocycles. The predicted octanol–water partition coefficient (Wildman–Crippen LogP) is 6.52. The molecule has 3 heterocycles. The molecule has 1 saturated heterocycles. The average Bonchev–Trinajstić information content (AvgIpc) is 3.76. The molecule has 1 aromatic heterocycles. The second kappa shape index (κ2) is 12.4. The van der Waals surface area contributed by atoms with Gasteiger partial charge in [0.05, 0.1) is 44.4 Å². The molecule has 0 unspecified atom stereocenters. The SMILES string of the molecule is CC(C)[C@@H](C)[C@@]1(C)CC[C@]2(C)[C@H]3CC[C@@H]4[C@@]5(COC[C@]4(C)[C@@H](OC[C@](C)(N)C(C)C)[C@H](n4ncnc4C4=NCCN4)C5)C3=CC[C@@]2(C)[C@@H]1C(=O)O. The molecule has 7 rings (SSSR count). The Bertz CT molecular complexity index is 1580. The lowest BCUT2D eigenvalue weighted by atomic mass is 9.34. The number of nitrogens with one attached hydrogen (secondary N) is 1. The Kier molecular flexibility index (Phi) is 8.98. The number of hydrogen-bond donors (Lipinski definition) is 3. The van der Waals surface area contributed by atoms with Crippen molar-refractivity contribution in [3.63, 3.8) is 0 Å². The summed E-state index contributed by atoms with van der Waals surface area (Å²) < 4.78 is 16.0. The molecule has 12 atom stereocenters. The Morgan fingerprint density at radius 3 is 2.53 bits per heavy atom. The van der Waals surface area contributed by atoms with E-state index in [1.165, 1.54) is 5.57 Å². The molecule has 0 aromatic carbocycles. The van der Waals surface area contributed by atoms with Crippen molar-refractivity contribution in [3.8, 4) is 0 Å². The number of nitrogens with two attached hydrogens (primary N) is 1. The third-order valence-corrected chi connectivity index (χ3v) is 16.8. The molecular weight excluding hydrogens is 640 g/mol. The molecule has 10 heteroatoms. The topological polar surface area (TPSA) is 137 Å². The van der Waals surface area contributed by atoms with Crippen LogP contribution in [-0.4, -0.2) is 76.2 Å². The lowest BCUT2D eigenvalue weighted by Gasteiger charge is -2.71. The van der Waals surface area contributed by atoms with Gasteiger partial charge in [0.25, 0.3) is 0 Å². The summed E-state index contributed by atoms with van der Waals surface area (Å²) >= 11 is 0. The van der Waals surface area contributed by atoms with Gasteiger partial charge in [-0.2, -0.15) is 5.10 Å². The molecule has 0 amide bonds. The van der Waals surface area contributed by atoms with Gasteiger partial charge in [-0.25, -0.2) is 9.67 Å². The van der Waals surface area contributed by atoms with Crippen LogP contribution in [0.25, 0.3) is 0 Å². The molecule has 0 radical (unpaired) electrons. The number of fused-ring (bicyclic) bond motifs is 3. The third-order valence-electron chi connectivity index (χ3n) is 16.8. The molecule has 3 saturated carbocycles. The summed E-state index contributed by atoms with van der Waals surface area (Å²) in [5.74, 6) is 2.16. The van der Waals surface area contributed by atoms with Crippen molar-refractivity contribution in [3.05, 3.63) is 23.8 Å². The molecule has 284 valence electrons. The highest BCUT2D eigenvalue weighted by molar-refractivity contribution is 5.96. The lowest BCUT2D eigenvalue weighted by molar-refractivity contribution is -0.252. The number of carboxylic acid groups (broad SMARTS) is 1. The van der Waals surface area contributed by atoms with Gasteiger partial charge in [-0.05, 0) is 91.3 Å².